The minimum absolute atomic E-state index is 0.0721. The maximum Gasteiger partial charge on any atom is 0.408 e. The molecule has 1 atom stereocenters. The summed E-state index contributed by atoms with van der Waals surface area (Å²) in [6.45, 7) is 8.34. The van der Waals surface area contributed by atoms with E-state index in [4.69, 9.17) is 4.74 Å². The molecule has 0 fully saturated rings. The van der Waals surface area contributed by atoms with E-state index >= 15 is 0 Å². The van der Waals surface area contributed by atoms with Crippen molar-refractivity contribution in [2.45, 2.75) is 46.3 Å². The van der Waals surface area contributed by atoms with Gasteiger partial charge in [0.2, 0.25) is 5.91 Å². The third-order valence-corrected chi connectivity index (χ3v) is 4.78. The molecule has 172 valence electrons. The molecule has 0 aliphatic heterocycles. The van der Waals surface area contributed by atoms with Gasteiger partial charge in [0.1, 0.15) is 23.9 Å². The van der Waals surface area contributed by atoms with Crippen molar-refractivity contribution in [3.63, 3.8) is 0 Å². The van der Waals surface area contributed by atoms with Crippen LogP contribution in [0.5, 0.6) is 5.75 Å². The predicted molar refractivity (Wildman–Crippen MR) is 122 cm³/mol. The molecule has 0 radical (unpaired) electrons. The number of hydrogen-bond donors (Lipinski definition) is 3. The number of aromatic hydroxyl groups is 1. The molecule has 0 saturated heterocycles. The van der Waals surface area contributed by atoms with E-state index in [1.807, 2.05) is 19.1 Å². The molecule has 0 aliphatic carbocycles. The normalized spacial score (nSPS) is 11.9. The van der Waals surface area contributed by atoms with Crippen molar-refractivity contribution >= 4 is 23.6 Å². The molecule has 0 saturated carbocycles. The van der Waals surface area contributed by atoms with Gasteiger partial charge in [0.15, 0.2) is 0 Å². The van der Waals surface area contributed by atoms with Crippen LogP contribution in [0.1, 0.15) is 43.5 Å². The molecule has 2 aromatic carbocycles. The molecular weight excluding hydrogens is 410 g/mol. The highest BCUT2D eigenvalue weighted by molar-refractivity contribution is 5.99. The first-order valence-electron chi connectivity index (χ1n) is 10.3. The highest BCUT2D eigenvalue weighted by Crippen LogP contribution is 2.32. The van der Waals surface area contributed by atoms with Crippen molar-refractivity contribution in [1.29, 1.82) is 0 Å². The van der Waals surface area contributed by atoms with Crippen LogP contribution < -0.4 is 10.6 Å². The lowest BCUT2D eigenvalue weighted by Gasteiger charge is -2.29. The van der Waals surface area contributed by atoms with Gasteiger partial charge >= 0.3 is 6.09 Å². The predicted octanol–water partition coefficient (Wildman–Crippen LogP) is 3.67. The Morgan fingerprint density at radius 3 is 2.28 bits per heavy atom. The highest BCUT2D eigenvalue weighted by Gasteiger charge is 2.32. The first kappa shape index (κ1) is 24.7. The number of amides is 3. The Morgan fingerprint density at radius 1 is 1.03 bits per heavy atom. The number of alkyl carbamates (subject to hydrolysis) is 1. The second kappa shape index (κ2) is 10.2. The van der Waals surface area contributed by atoms with Gasteiger partial charge in [-0.1, -0.05) is 36.4 Å². The van der Waals surface area contributed by atoms with E-state index < -0.39 is 29.6 Å². The number of benzene rings is 2. The van der Waals surface area contributed by atoms with Gasteiger partial charge in [-0.05, 0) is 51.8 Å². The van der Waals surface area contributed by atoms with Crippen LogP contribution in [0, 0.1) is 13.8 Å². The summed E-state index contributed by atoms with van der Waals surface area (Å²) >= 11 is 0. The lowest BCUT2D eigenvalue weighted by molar-refractivity contribution is -0.136. The van der Waals surface area contributed by atoms with Gasteiger partial charge in [0.25, 0.3) is 5.91 Å². The first-order chi connectivity index (χ1) is 14.9. The Kier molecular flexibility index (Phi) is 7.86. The molecule has 8 heteroatoms. The van der Waals surface area contributed by atoms with Crippen molar-refractivity contribution in [3.8, 4) is 5.75 Å². The number of phenolic OH excluding ortho intramolecular Hbond substituents is 1. The number of rotatable bonds is 6. The molecule has 0 aromatic heterocycles. The number of phenols is 1. The number of ether oxygens (including phenoxy) is 1. The standard InChI is InChI=1S/C24H31N3O5/c1-15-10-7-8-13-18(15)26-22(30)20(17-12-9-11-16(2)21(17)29)27(6)19(28)14-25-23(31)32-24(3,4)5/h7-13,20,29H,14H2,1-6H3,(H,25,31)(H,26,30). The zero-order valence-electron chi connectivity index (χ0n) is 19.4. The molecule has 2 rings (SSSR count). The molecule has 8 nitrogen and oxygen atoms in total. The van der Waals surface area contributed by atoms with Crippen LogP contribution in [0.3, 0.4) is 0 Å². The average Bonchev–Trinajstić information content (AvgIpc) is 2.70. The van der Waals surface area contributed by atoms with E-state index in [9.17, 15) is 19.5 Å². The van der Waals surface area contributed by atoms with Gasteiger partial charge in [-0.3, -0.25) is 9.59 Å². The maximum atomic E-state index is 13.3. The Labute approximate surface area is 188 Å². The largest absolute Gasteiger partial charge is 0.507 e. The van der Waals surface area contributed by atoms with E-state index in [2.05, 4.69) is 10.6 Å². The molecular formula is C24H31N3O5. The summed E-state index contributed by atoms with van der Waals surface area (Å²) in [6.07, 6.45) is -0.737. The van der Waals surface area contributed by atoms with Gasteiger partial charge in [-0.15, -0.1) is 0 Å². The molecule has 3 N–H and O–H groups in total. The Bertz CT molecular complexity index is 997. The Balaban J connectivity index is 2.28. The number of anilines is 1. The van der Waals surface area contributed by atoms with Crippen LogP contribution in [-0.4, -0.2) is 47.1 Å². The van der Waals surface area contributed by atoms with Crippen LogP contribution in [0.25, 0.3) is 0 Å². The minimum Gasteiger partial charge on any atom is -0.507 e. The molecule has 32 heavy (non-hydrogen) atoms. The molecule has 0 bridgehead atoms. The summed E-state index contributed by atoms with van der Waals surface area (Å²) in [6, 6.07) is 11.1. The number of aryl methyl sites for hydroxylation is 2. The number of nitrogens with one attached hydrogen (secondary N) is 2. The topological polar surface area (TPSA) is 108 Å². The van der Waals surface area contributed by atoms with E-state index in [1.54, 1.807) is 58.0 Å². The molecule has 0 aliphatic rings. The smallest absolute Gasteiger partial charge is 0.408 e. The molecule has 1 unspecified atom stereocenters. The molecule has 2 aromatic rings. The third-order valence-electron chi connectivity index (χ3n) is 4.78. The SMILES string of the molecule is Cc1ccccc1NC(=O)C(c1cccc(C)c1O)N(C)C(=O)CNC(=O)OC(C)(C)C. The number of nitrogens with zero attached hydrogens (tertiary/aromatic N) is 1. The quantitative estimate of drug-likeness (QED) is 0.634. The zero-order chi connectivity index (χ0) is 24.1. The maximum absolute atomic E-state index is 13.3. The van der Waals surface area contributed by atoms with E-state index in [1.165, 1.54) is 11.9 Å². The van der Waals surface area contributed by atoms with Crippen LogP contribution in [0.15, 0.2) is 42.5 Å². The second-order valence-electron chi connectivity index (χ2n) is 8.58. The number of hydrogen-bond acceptors (Lipinski definition) is 5. The monoisotopic (exact) mass is 441 g/mol. The van der Waals surface area contributed by atoms with Crippen LogP contribution in [-0.2, 0) is 14.3 Å². The Morgan fingerprint density at radius 2 is 1.66 bits per heavy atom. The molecule has 3 amide bonds. The van der Waals surface area contributed by atoms with Gasteiger partial charge < -0.3 is 25.4 Å². The summed E-state index contributed by atoms with van der Waals surface area (Å²) in [5.41, 5.74) is 1.60. The van der Waals surface area contributed by atoms with Gasteiger partial charge in [0.05, 0.1) is 0 Å². The van der Waals surface area contributed by atoms with E-state index in [0.717, 1.165) is 5.56 Å². The lowest BCUT2D eigenvalue weighted by Crippen LogP contribution is -2.44. The fourth-order valence-corrected chi connectivity index (χ4v) is 3.07. The Hall–Kier alpha value is -3.55. The zero-order valence-corrected chi connectivity index (χ0v) is 19.4. The molecule has 0 heterocycles. The van der Waals surface area contributed by atoms with Crippen molar-refractivity contribution in [2.24, 2.45) is 0 Å². The fourth-order valence-electron chi connectivity index (χ4n) is 3.07. The molecule has 0 spiro atoms. The number of carbonyl (C=O) groups is 3. The van der Waals surface area contributed by atoms with E-state index in [-0.39, 0.29) is 17.9 Å². The average molecular weight is 442 g/mol. The minimum atomic E-state index is -1.12. The number of para-hydroxylation sites is 2. The van der Waals surface area contributed by atoms with Crippen molar-refractivity contribution in [3.05, 3.63) is 59.2 Å². The summed E-state index contributed by atoms with van der Waals surface area (Å²) in [7, 11) is 1.45. The summed E-state index contributed by atoms with van der Waals surface area (Å²) < 4.78 is 5.15. The van der Waals surface area contributed by atoms with Crippen LogP contribution in [0.2, 0.25) is 0 Å². The third kappa shape index (κ3) is 6.47. The number of carbonyl (C=O) groups excluding carboxylic acids is 3. The van der Waals surface area contributed by atoms with Gasteiger partial charge in [-0.25, -0.2) is 4.79 Å². The van der Waals surface area contributed by atoms with Crippen molar-refractivity contribution in [2.75, 3.05) is 18.9 Å². The van der Waals surface area contributed by atoms with Gasteiger partial charge in [0, 0.05) is 18.3 Å². The van der Waals surface area contributed by atoms with Crippen molar-refractivity contribution < 1.29 is 24.2 Å². The van der Waals surface area contributed by atoms with Crippen LogP contribution in [0.4, 0.5) is 10.5 Å². The lowest BCUT2D eigenvalue weighted by atomic mass is 10.00. The summed E-state index contributed by atoms with van der Waals surface area (Å²) in [5.74, 6) is -1.09. The fraction of sp³-hybridized carbons (Fsp3) is 0.375. The summed E-state index contributed by atoms with van der Waals surface area (Å²) in [5, 5.41) is 15.8. The van der Waals surface area contributed by atoms with Gasteiger partial charge in [-0.2, -0.15) is 0 Å². The first-order valence-corrected chi connectivity index (χ1v) is 10.3. The summed E-state index contributed by atoms with van der Waals surface area (Å²) in [4.78, 5) is 39.2. The second-order valence-corrected chi connectivity index (χ2v) is 8.58. The highest BCUT2D eigenvalue weighted by atomic mass is 16.6. The van der Waals surface area contributed by atoms with Crippen LogP contribution >= 0.6 is 0 Å². The van der Waals surface area contributed by atoms with Crippen molar-refractivity contribution in [1.82, 2.24) is 10.2 Å². The van der Waals surface area contributed by atoms with E-state index in [0.29, 0.717) is 11.3 Å². The number of likely N-dealkylation sites (N-methyl/N-ethyl adjacent to an activating group) is 1.